The second-order valence-electron chi connectivity index (χ2n) is 12.4. The Bertz CT molecular complexity index is 3190. The van der Waals surface area contributed by atoms with Crippen molar-refractivity contribution in [1.82, 2.24) is 9.13 Å². The minimum Gasteiger partial charge on any atom is -0.452 e. The highest BCUT2D eigenvalue weighted by molar-refractivity contribution is 6.38. The van der Waals surface area contributed by atoms with Crippen molar-refractivity contribution < 1.29 is 8.83 Å². The number of aromatic nitrogens is 2. The van der Waals surface area contributed by atoms with Gasteiger partial charge in [-0.2, -0.15) is 0 Å². The predicted molar refractivity (Wildman–Crippen MR) is 196 cm³/mol. The lowest BCUT2D eigenvalue weighted by atomic mass is 10.0. The molecule has 11 rings (SSSR count). The monoisotopic (exact) mass is 616 g/mol. The molecule has 0 spiro atoms. The first-order chi connectivity index (χ1) is 23.8. The van der Waals surface area contributed by atoms with E-state index in [0.717, 1.165) is 88.1 Å². The summed E-state index contributed by atoms with van der Waals surface area (Å²) in [7, 11) is 0. The minimum atomic E-state index is 0.0244. The molecular formula is C43H24N2O3. The number of rotatable bonds is 2. The molecule has 0 N–H and O–H groups in total. The molecule has 11 aromatic rings. The van der Waals surface area contributed by atoms with Crippen LogP contribution in [-0.4, -0.2) is 9.13 Å². The summed E-state index contributed by atoms with van der Waals surface area (Å²) in [5.41, 5.74) is 8.90. The Balaban J connectivity index is 1.39. The highest BCUT2D eigenvalue weighted by atomic mass is 16.4. The third-order valence-electron chi connectivity index (χ3n) is 9.89. The molecule has 5 heteroatoms. The van der Waals surface area contributed by atoms with E-state index in [4.69, 9.17) is 8.83 Å². The van der Waals surface area contributed by atoms with E-state index in [0.29, 0.717) is 10.8 Å². The van der Waals surface area contributed by atoms with Gasteiger partial charge in [-0.25, -0.2) is 0 Å². The molecule has 0 aliphatic heterocycles. The van der Waals surface area contributed by atoms with Crippen LogP contribution in [0.2, 0.25) is 0 Å². The van der Waals surface area contributed by atoms with Crippen LogP contribution in [0, 0.1) is 0 Å². The number of para-hydroxylation sites is 5. The Morgan fingerprint density at radius 3 is 1.67 bits per heavy atom. The zero-order valence-corrected chi connectivity index (χ0v) is 25.5. The van der Waals surface area contributed by atoms with Crippen molar-refractivity contribution in [3.05, 3.63) is 156 Å². The molecule has 4 heterocycles. The van der Waals surface area contributed by atoms with Crippen LogP contribution in [0.4, 0.5) is 0 Å². The van der Waals surface area contributed by atoms with E-state index in [-0.39, 0.29) is 5.43 Å². The molecule has 0 amide bonds. The van der Waals surface area contributed by atoms with E-state index in [1.54, 1.807) is 0 Å². The largest absolute Gasteiger partial charge is 0.452 e. The lowest BCUT2D eigenvalue weighted by Crippen LogP contribution is -2.11. The van der Waals surface area contributed by atoms with Gasteiger partial charge < -0.3 is 18.0 Å². The van der Waals surface area contributed by atoms with Crippen LogP contribution in [-0.2, 0) is 0 Å². The topological polar surface area (TPSA) is 53.2 Å². The Morgan fingerprint density at radius 2 is 0.938 bits per heavy atom. The molecule has 224 valence electrons. The third kappa shape index (κ3) is 3.22. The molecule has 0 unspecified atom stereocenters. The van der Waals surface area contributed by atoms with Gasteiger partial charge in [0, 0.05) is 49.1 Å². The van der Waals surface area contributed by atoms with Crippen LogP contribution in [0.3, 0.4) is 0 Å². The van der Waals surface area contributed by atoms with Crippen LogP contribution in [0.5, 0.6) is 0 Å². The summed E-state index contributed by atoms with van der Waals surface area (Å²) >= 11 is 0. The van der Waals surface area contributed by atoms with Crippen molar-refractivity contribution in [2.45, 2.75) is 0 Å². The molecule has 0 fully saturated rings. The fourth-order valence-corrected chi connectivity index (χ4v) is 7.92. The summed E-state index contributed by atoms with van der Waals surface area (Å²) in [4.78, 5) is 14.0. The summed E-state index contributed by atoms with van der Waals surface area (Å²) in [6, 6.07) is 49.3. The molecule has 4 aromatic heterocycles. The zero-order valence-electron chi connectivity index (χ0n) is 25.5. The van der Waals surface area contributed by atoms with Gasteiger partial charge in [-0.3, -0.25) is 4.79 Å². The van der Waals surface area contributed by atoms with E-state index in [1.165, 1.54) is 0 Å². The Kier molecular flexibility index (Phi) is 4.93. The molecule has 0 radical (unpaired) electrons. The first kappa shape index (κ1) is 25.6. The van der Waals surface area contributed by atoms with E-state index in [1.807, 2.05) is 72.8 Å². The molecule has 5 nitrogen and oxygen atoms in total. The SMILES string of the molecule is O=c1c2ccccc2n(-c2ccccc2)c2cc(-n3c4ccccc4c4c5c6ccccc6oc5c5oc6ccccc6c5c43)ccc12. The van der Waals surface area contributed by atoms with E-state index >= 15 is 0 Å². The lowest BCUT2D eigenvalue weighted by Gasteiger charge is -2.17. The molecule has 0 saturated heterocycles. The number of hydrogen-bond donors (Lipinski definition) is 0. The normalized spacial score (nSPS) is 12.2. The zero-order chi connectivity index (χ0) is 31.5. The fourth-order valence-electron chi connectivity index (χ4n) is 7.92. The predicted octanol–water partition coefficient (Wildman–Crippen LogP) is 11.0. The van der Waals surface area contributed by atoms with Crippen molar-refractivity contribution in [2.24, 2.45) is 0 Å². The van der Waals surface area contributed by atoms with Gasteiger partial charge in [0.1, 0.15) is 11.2 Å². The van der Waals surface area contributed by atoms with Gasteiger partial charge in [0.05, 0.1) is 27.5 Å². The van der Waals surface area contributed by atoms with Gasteiger partial charge in [-0.1, -0.05) is 84.9 Å². The summed E-state index contributed by atoms with van der Waals surface area (Å²) in [6.07, 6.45) is 0. The van der Waals surface area contributed by atoms with Crippen LogP contribution < -0.4 is 5.43 Å². The molecule has 0 bridgehead atoms. The maximum atomic E-state index is 14.0. The average Bonchev–Trinajstić information content (AvgIpc) is 3.82. The summed E-state index contributed by atoms with van der Waals surface area (Å²) in [5.74, 6) is 0. The Morgan fingerprint density at radius 1 is 0.396 bits per heavy atom. The Hall–Kier alpha value is -6.59. The highest BCUT2D eigenvalue weighted by Crippen LogP contribution is 2.48. The van der Waals surface area contributed by atoms with Crippen molar-refractivity contribution in [3.63, 3.8) is 0 Å². The maximum Gasteiger partial charge on any atom is 0.197 e. The molecule has 0 atom stereocenters. The summed E-state index contributed by atoms with van der Waals surface area (Å²) in [6.45, 7) is 0. The second kappa shape index (κ2) is 9.24. The van der Waals surface area contributed by atoms with Gasteiger partial charge in [-0.15, -0.1) is 0 Å². The quantitative estimate of drug-likeness (QED) is 0.182. The Labute approximate surface area is 272 Å². The molecule has 0 aliphatic rings. The van der Waals surface area contributed by atoms with Gasteiger partial charge in [0.25, 0.3) is 0 Å². The lowest BCUT2D eigenvalue weighted by molar-refractivity contribution is 0.633. The average molecular weight is 617 g/mol. The van der Waals surface area contributed by atoms with Crippen LogP contribution >= 0.6 is 0 Å². The number of hydrogen-bond acceptors (Lipinski definition) is 3. The summed E-state index contributed by atoms with van der Waals surface area (Å²) in [5, 5.41) is 7.71. The minimum absolute atomic E-state index is 0.0244. The fraction of sp³-hybridized carbons (Fsp3) is 0. The van der Waals surface area contributed by atoms with Gasteiger partial charge in [0.2, 0.25) is 0 Å². The van der Waals surface area contributed by atoms with Crippen molar-refractivity contribution in [2.75, 3.05) is 0 Å². The number of nitrogens with zero attached hydrogens (tertiary/aromatic N) is 2. The molecular weight excluding hydrogens is 592 g/mol. The first-order valence-corrected chi connectivity index (χ1v) is 16.1. The molecule has 7 aromatic carbocycles. The molecule has 0 aliphatic carbocycles. The number of pyridine rings is 1. The van der Waals surface area contributed by atoms with E-state index in [2.05, 4.69) is 81.9 Å². The van der Waals surface area contributed by atoms with Crippen LogP contribution in [0.25, 0.3) is 98.9 Å². The van der Waals surface area contributed by atoms with Crippen LogP contribution in [0.15, 0.2) is 159 Å². The van der Waals surface area contributed by atoms with Crippen molar-refractivity contribution >= 4 is 87.5 Å². The summed E-state index contributed by atoms with van der Waals surface area (Å²) < 4.78 is 17.8. The van der Waals surface area contributed by atoms with Gasteiger partial charge in [0.15, 0.2) is 16.6 Å². The number of benzene rings is 7. The van der Waals surface area contributed by atoms with Crippen molar-refractivity contribution in [3.8, 4) is 11.4 Å². The van der Waals surface area contributed by atoms with Crippen LogP contribution in [0.1, 0.15) is 0 Å². The highest BCUT2D eigenvalue weighted by Gasteiger charge is 2.26. The number of furan rings is 2. The smallest absolute Gasteiger partial charge is 0.197 e. The third-order valence-corrected chi connectivity index (χ3v) is 9.89. The standard InChI is InChI=1S/C43H24N2O3/c46-41-28-15-5-9-19-33(28)44(25-12-2-1-3-13-25)34-24-26(22-23-29(34)41)45-32-18-8-4-14-27(32)37-38-30-16-6-10-20-35(30)47-42(38)43-39(40(37)45)31-17-7-11-21-36(31)48-43/h1-24H. The van der Waals surface area contributed by atoms with Crippen molar-refractivity contribution in [1.29, 1.82) is 0 Å². The van der Waals surface area contributed by atoms with E-state index in [9.17, 15) is 4.79 Å². The van der Waals surface area contributed by atoms with E-state index < -0.39 is 0 Å². The second-order valence-corrected chi connectivity index (χ2v) is 12.4. The molecule has 0 saturated carbocycles. The van der Waals surface area contributed by atoms with Gasteiger partial charge >= 0.3 is 0 Å². The number of fused-ring (bicyclic) bond motifs is 14. The molecule has 48 heavy (non-hydrogen) atoms. The van der Waals surface area contributed by atoms with Gasteiger partial charge in [-0.05, 0) is 60.7 Å². The maximum absolute atomic E-state index is 14.0. The first-order valence-electron chi connectivity index (χ1n) is 16.1.